The first-order chi connectivity index (χ1) is 13.4. The van der Waals surface area contributed by atoms with Crippen molar-refractivity contribution in [1.29, 1.82) is 0 Å². The van der Waals surface area contributed by atoms with Gasteiger partial charge in [0.2, 0.25) is 5.95 Å². The number of hydrogen-bond acceptors (Lipinski definition) is 6. The minimum atomic E-state index is -0.654. The molecule has 1 aromatic carbocycles. The summed E-state index contributed by atoms with van der Waals surface area (Å²) in [6, 6.07) is 8.05. The van der Waals surface area contributed by atoms with Gasteiger partial charge in [-0.1, -0.05) is 12.1 Å². The van der Waals surface area contributed by atoms with E-state index in [1.54, 1.807) is 7.05 Å². The fourth-order valence-electron chi connectivity index (χ4n) is 3.64. The molecule has 0 radical (unpaired) electrons. The summed E-state index contributed by atoms with van der Waals surface area (Å²) in [6.07, 6.45) is 0.825. The summed E-state index contributed by atoms with van der Waals surface area (Å²) in [4.78, 5) is 44.0. The second-order valence-corrected chi connectivity index (χ2v) is 6.89. The van der Waals surface area contributed by atoms with E-state index in [2.05, 4.69) is 15.8 Å². The predicted molar refractivity (Wildman–Crippen MR) is 104 cm³/mol. The maximum atomic E-state index is 13.0. The molecule has 9 heteroatoms. The maximum Gasteiger partial charge on any atom is 0.333 e. The van der Waals surface area contributed by atoms with Crippen molar-refractivity contribution in [1.82, 2.24) is 18.7 Å². The first-order valence-corrected chi connectivity index (χ1v) is 9.03. The Hall–Kier alpha value is -3.36. The van der Waals surface area contributed by atoms with Crippen LogP contribution in [0, 0.1) is 6.92 Å². The van der Waals surface area contributed by atoms with Crippen molar-refractivity contribution in [3.63, 3.8) is 0 Å². The predicted octanol–water partition coefficient (Wildman–Crippen LogP) is 0.920. The summed E-state index contributed by atoms with van der Waals surface area (Å²) in [5.41, 5.74) is 1.60. The zero-order valence-electron chi connectivity index (χ0n) is 16.0. The number of rotatable bonds is 3. The highest BCUT2D eigenvalue weighted by atomic mass is 16.5. The first-order valence-electron chi connectivity index (χ1n) is 9.03. The molecule has 0 saturated carbocycles. The van der Waals surface area contributed by atoms with E-state index in [0.29, 0.717) is 23.7 Å². The Morgan fingerprint density at radius 2 is 2.04 bits per heavy atom. The van der Waals surface area contributed by atoms with Crippen molar-refractivity contribution in [3.05, 3.63) is 50.7 Å². The third-order valence-electron chi connectivity index (χ3n) is 5.05. The topological polar surface area (TPSA) is 91.4 Å². The number of esters is 1. The molecule has 0 aliphatic carbocycles. The van der Waals surface area contributed by atoms with Gasteiger partial charge in [0, 0.05) is 25.8 Å². The number of imidazole rings is 1. The van der Waals surface area contributed by atoms with E-state index in [9.17, 15) is 14.4 Å². The van der Waals surface area contributed by atoms with Crippen LogP contribution in [0.1, 0.15) is 12.0 Å². The van der Waals surface area contributed by atoms with Gasteiger partial charge in [0.25, 0.3) is 5.56 Å². The molecule has 0 spiro atoms. The van der Waals surface area contributed by atoms with Crippen molar-refractivity contribution in [2.45, 2.75) is 26.4 Å². The second-order valence-electron chi connectivity index (χ2n) is 6.89. The van der Waals surface area contributed by atoms with E-state index < -0.39 is 23.8 Å². The van der Waals surface area contributed by atoms with Crippen molar-refractivity contribution in [2.75, 3.05) is 18.6 Å². The van der Waals surface area contributed by atoms with Gasteiger partial charge < -0.3 is 14.2 Å². The van der Waals surface area contributed by atoms with Gasteiger partial charge in [-0.3, -0.25) is 14.2 Å². The monoisotopic (exact) mass is 383 g/mol. The number of aryl methyl sites for hydroxylation is 3. The summed E-state index contributed by atoms with van der Waals surface area (Å²) in [7, 11) is 2.77. The second kappa shape index (κ2) is 6.66. The van der Waals surface area contributed by atoms with Crippen LogP contribution in [0.5, 0.6) is 0 Å². The van der Waals surface area contributed by atoms with Gasteiger partial charge >= 0.3 is 11.7 Å². The maximum absolute atomic E-state index is 13.0. The summed E-state index contributed by atoms with van der Waals surface area (Å²) < 4.78 is 8.65. The van der Waals surface area contributed by atoms with Crippen molar-refractivity contribution in [3.8, 4) is 0 Å². The summed E-state index contributed by atoms with van der Waals surface area (Å²) in [5, 5.41) is 0. The Bertz CT molecular complexity index is 1200. The number of anilines is 2. The van der Waals surface area contributed by atoms with E-state index in [1.807, 2.05) is 34.6 Å². The van der Waals surface area contributed by atoms with Gasteiger partial charge in [0.15, 0.2) is 11.2 Å². The lowest BCUT2D eigenvalue weighted by Gasteiger charge is -2.29. The Morgan fingerprint density at radius 1 is 1.25 bits per heavy atom. The lowest BCUT2D eigenvalue weighted by molar-refractivity contribution is -0.141. The Kier molecular flexibility index (Phi) is 4.29. The SMILES string of the molecule is COC(=O)Cn1c(=O)c2c(nc3n2CCCN3c2cccc(C)c2)n(C)c1=O. The summed E-state index contributed by atoms with van der Waals surface area (Å²) >= 11 is 0. The van der Waals surface area contributed by atoms with Gasteiger partial charge in [0.05, 0.1) is 7.11 Å². The summed E-state index contributed by atoms with van der Waals surface area (Å²) in [6.45, 7) is 2.96. The zero-order chi connectivity index (χ0) is 20.0. The number of nitrogens with zero attached hydrogens (tertiary/aromatic N) is 5. The van der Waals surface area contributed by atoms with E-state index in [1.165, 1.54) is 11.7 Å². The molecule has 0 atom stereocenters. The molecule has 2 aromatic heterocycles. The van der Waals surface area contributed by atoms with E-state index in [-0.39, 0.29) is 0 Å². The standard InChI is InChI=1S/C19H21N5O4/c1-12-6-4-7-13(10-12)22-8-5-9-23-15-16(20-18(22)23)21(2)19(27)24(17(15)26)11-14(25)28-3/h4,6-7,10H,5,8-9,11H2,1-3H3. The van der Waals surface area contributed by atoms with Gasteiger partial charge in [-0.15, -0.1) is 0 Å². The number of ether oxygens (including phenoxy) is 1. The number of aromatic nitrogens is 4. The van der Waals surface area contributed by atoms with Gasteiger partial charge in [0.1, 0.15) is 6.54 Å². The number of methoxy groups -OCH3 is 1. The van der Waals surface area contributed by atoms with Crippen molar-refractivity contribution >= 4 is 28.8 Å². The number of fused-ring (bicyclic) bond motifs is 3. The number of benzene rings is 1. The van der Waals surface area contributed by atoms with Crippen LogP contribution in [0.25, 0.3) is 11.2 Å². The third kappa shape index (κ3) is 2.70. The number of carbonyl (C=O) groups excluding carboxylic acids is 1. The van der Waals surface area contributed by atoms with E-state index >= 15 is 0 Å². The fourth-order valence-corrected chi connectivity index (χ4v) is 3.64. The smallest absolute Gasteiger partial charge is 0.333 e. The van der Waals surface area contributed by atoms with Crippen molar-refractivity contribution < 1.29 is 9.53 Å². The van der Waals surface area contributed by atoms with E-state index in [0.717, 1.165) is 28.8 Å². The summed E-state index contributed by atoms with van der Waals surface area (Å²) in [5.74, 6) is -0.0342. The molecule has 0 N–H and O–H groups in total. The van der Waals surface area contributed by atoms with Crippen LogP contribution in [-0.4, -0.2) is 38.3 Å². The van der Waals surface area contributed by atoms with Crippen molar-refractivity contribution in [2.24, 2.45) is 7.05 Å². The average Bonchev–Trinajstić information content (AvgIpc) is 3.09. The molecule has 0 unspecified atom stereocenters. The normalized spacial score (nSPS) is 13.6. The quantitative estimate of drug-likeness (QED) is 0.625. The molecular formula is C19H21N5O4. The lowest BCUT2D eigenvalue weighted by Crippen LogP contribution is -2.41. The Labute approximate surface area is 160 Å². The molecule has 0 saturated heterocycles. The number of carbonyl (C=O) groups is 1. The minimum Gasteiger partial charge on any atom is -0.468 e. The van der Waals surface area contributed by atoms with Crippen LogP contribution < -0.4 is 16.1 Å². The van der Waals surface area contributed by atoms with Crippen LogP contribution in [-0.2, 0) is 29.7 Å². The molecule has 4 rings (SSSR count). The molecule has 3 heterocycles. The molecule has 9 nitrogen and oxygen atoms in total. The van der Waals surface area contributed by atoms with Crippen LogP contribution in [0.4, 0.5) is 11.6 Å². The zero-order valence-corrected chi connectivity index (χ0v) is 16.0. The van der Waals surface area contributed by atoms with E-state index in [4.69, 9.17) is 0 Å². The minimum absolute atomic E-state index is 0.311. The molecule has 146 valence electrons. The highest BCUT2D eigenvalue weighted by Crippen LogP contribution is 2.31. The van der Waals surface area contributed by atoms with Crippen LogP contribution in [0.3, 0.4) is 0 Å². The highest BCUT2D eigenvalue weighted by molar-refractivity contribution is 5.77. The number of hydrogen-bond donors (Lipinski definition) is 0. The average molecular weight is 383 g/mol. The molecule has 1 aliphatic heterocycles. The third-order valence-corrected chi connectivity index (χ3v) is 5.05. The van der Waals surface area contributed by atoms with Crippen LogP contribution >= 0.6 is 0 Å². The molecule has 3 aromatic rings. The first kappa shape index (κ1) is 18.0. The fraction of sp³-hybridized carbons (Fsp3) is 0.368. The molecule has 0 amide bonds. The Balaban J connectivity index is 1.96. The Morgan fingerprint density at radius 3 is 2.75 bits per heavy atom. The van der Waals surface area contributed by atoms with Crippen LogP contribution in [0.15, 0.2) is 33.9 Å². The van der Waals surface area contributed by atoms with Gasteiger partial charge in [-0.2, -0.15) is 4.98 Å². The molecule has 0 bridgehead atoms. The largest absolute Gasteiger partial charge is 0.468 e. The molecule has 1 aliphatic rings. The van der Waals surface area contributed by atoms with Gasteiger partial charge in [-0.25, -0.2) is 9.36 Å². The lowest BCUT2D eigenvalue weighted by atomic mass is 10.2. The van der Waals surface area contributed by atoms with Crippen LogP contribution in [0.2, 0.25) is 0 Å². The molecule has 28 heavy (non-hydrogen) atoms. The molecular weight excluding hydrogens is 362 g/mol. The van der Waals surface area contributed by atoms with Gasteiger partial charge in [-0.05, 0) is 31.0 Å². The molecule has 0 fully saturated rings. The highest BCUT2D eigenvalue weighted by Gasteiger charge is 2.27.